The molecule has 0 bridgehead atoms. The lowest BCUT2D eigenvalue weighted by Gasteiger charge is -2.19. The van der Waals surface area contributed by atoms with Gasteiger partial charge in [0.1, 0.15) is 0 Å². The molecule has 2 nitrogen and oxygen atoms in total. The van der Waals surface area contributed by atoms with Crippen LogP contribution in [0.4, 0.5) is 0 Å². The van der Waals surface area contributed by atoms with Crippen molar-refractivity contribution in [1.82, 2.24) is 5.32 Å². The minimum atomic E-state index is -0.273. The van der Waals surface area contributed by atoms with Crippen molar-refractivity contribution < 1.29 is 5.11 Å². The van der Waals surface area contributed by atoms with Crippen molar-refractivity contribution in [3.8, 4) is 0 Å². The average molecular weight is 233 g/mol. The highest BCUT2D eigenvalue weighted by atomic mass is 16.3. The second kappa shape index (κ2) is 6.18. The van der Waals surface area contributed by atoms with E-state index in [0.717, 1.165) is 12.3 Å². The second-order valence-corrected chi connectivity index (χ2v) is 5.27. The Bertz CT molecular complexity index is 325. The first-order valence-electron chi connectivity index (χ1n) is 6.71. The van der Waals surface area contributed by atoms with Crippen LogP contribution in [-0.4, -0.2) is 23.8 Å². The number of hydrogen-bond donors (Lipinski definition) is 2. The largest absolute Gasteiger partial charge is 0.391 e. The summed E-state index contributed by atoms with van der Waals surface area (Å²) in [6.07, 6.45) is 4.39. The molecule has 0 heterocycles. The van der Waals surface area contributed by atoms with Crippen LogP contribution in [0.3, 0.4) is 0 Å². The van der Waals surface area contributed by atoms with E-state index in [1.165, 1.54) is 24.8 Å². The summed E-state index contributed by atoms with van der Waals surface area (Å²) >= 11 is 0. The number of nitrogens with one attached hydrogen (secondary N) is 1. The monoisotopic (exact) mass is 233 g/mol. The molecule has 0 spiro atoms. The molecule has 1 saturated carbocycles. The van der Waals surface area contributed by atoms with Crippen molar-refractivity contribution in [3.05, 3.63) is 35.9 Å². The predicted molar refractivity (Wildman–Crippen MR) is 71.0 cm³/mol. The van der Waals surface area contributed by atoms with Gasteiger partial charge in [-0.2, -0.15) is 0 Å². The third-order valence-corrected chi connectivity index (χ3v) is 3.79. The van der Waals surface area contributed by atoms with Gasteiger partial charge in [0.25, 0.3) is 0 Å². The van der Waals surface area contributed by atoms with Gasteiger partial charge in [0.15, 0.2) is 0 Å². The first-order valence-corrected chi connectivity index (χ1v) is 6.71. The number of rotatable bonds is 5. The fourth-order valence-electron chi connectivity index (χ4n) is 2.69. The number of hydrogen-bond acceptors (Lipinski definition) is 2. The number of aliphatic hydroxyl groups is 1. The van der Waals surface area contributed by atoms with Crippen LogP contribution in [-0.2, 0) is 6.42 Å². The molecule has 0 aliphatic heterocycles. The standard InChI is InChI=1S/C15H23NO/c1-12-6-5-9-15(12)16-11-14(17)10-13-7-3-2-4-8-13/h2-4,7-8,12,14-17H,5-6,9-11H2,1H3. The van der Waals surface area contributed by atoms with Crippen LogP contribution in [0.2, 0.25) is 0 Å². The maximum Gasteiger partial charge on any atom is 0.0704 e. The number of aliphatic hydroxyl groups excluding tert-OH is 1. The predicted octanol–water partition coefficient (Wildman–Crippen LogP) is 2.37. The van der Waals surface area contributed by atoms with Crippen molar-refractivity contribution in [2.75, 3.05) is 6.54 Å². The van der Waals surface area contributed by atoms with Crippen molar-refractivity contribution >= 4 is 0 Å². The normalized spacial score (nSPS) is 26.0. The van der Waals surface area contributed by atoms with Crippen molar-refractivity contribution in [3.63, 3.8) is 0 Å². The molecule has 1 aromatic rings. The molecule has 0 amide bonds. The third kappa shape index (κ3) is 3.83. The maximum atomic E-state index is 9.99. The van der Waals surface area contributed by atoms with E-state index in [4.69, 9.17) is 0 Å². The van der Waals surface area contributed by atoms with Crippen molar-refractivity contribution in [2.24, 2.45) is 5.92 Å². The zero-order valence-corrected chi connectivity index (χ0v) is 10.6. The maximum absolute atomic E-state index is 9.99. The van der Waals surface area contributed by atoms with E-state index in [9.17, 15) is 5.11 Å². The number of benzene rings is 1. The highest BCUT2D eigenvalue weighted by Gasteiger charge is 2.23. The molecule has 17 heavy (non-hydrogen) atoms. The van der Waals surface area contributed by atoms with Gasteiger partial charge < -0.3 is 10.4 Å². The molecule has 1 aliphatic rings. The summed E-state index contributed by atoms with van der Waals surface area (Å²) in [6.45, 7) is 3.01. The minimum Gasteiger partial charge on any atom is -0.391 e. The Kier molecular flexibility index (Phi) is 4.57. The third-order valence-electron chi connectivity index (χ3n) is 3.79. The second-order valence-electron chi connectivity index (χ2n) is 5.27. The van der Waals surface area contributed by atoms with E-state index >= 15 is 0 Å². The molecule has 3 unspecified atom stereocenters. The lowest BCUT2D eigenvalue weighted by Crippen LogP contribution is -2.37. The van der Waals surface area contributed by atoms with Crippen molar-refractivity contribution in [2.45, 2.75) is 44.8 Å². The lowest BCUT2D eigenvalue weighted by atomic mass is 10.0. The molecule has 1 fully saturated rings. The summed E-state index contributed by atoms with van der Waals surface area (Å²) in [4.78, 5) is 0. The molecule has 1 aliphatic carbocycles. The summed E-state index contributed by atoms with van der Waals surface area (Å²) < 4.78 is 0. The highest BCUT2D eigenvalue weighted by molar-refractivity contribution is 5.15. The molecule has 2 heteroatoms. The van der Waals surface area contributed by atoms with Crippen molar-refractivity contribution in [1.29, 1.82) is 0 Å². The van der Waals surface area contributed by atoms with E-state index in [-0.39, 0.29) is 6.10 Å². The van der Waals surface area contributed by atoms with Gasteiger partial charge >= 0.3 is 0 Å². The van der Waals surface area contributed by atoms with Crippen LogP contribution in [0, 0.1) is 5.92 Å². The van der Waals surface area contributed by atoms with Gasteiger partial charge in [0.05, 0.1) is 6.10 Å². The average Bonchev–Trinajstić information content (AvgIpc) is 2.74. The Morgan fingerprint density at radius 3 is 2.71 bits per heavy atom. The molecule has 2 rings (SSSR count). The van der Waals surface area contributed by atoms with Crippen LogP contribution < -0.4 is 5.32 Å². The van der Waals surface area contributed by atoms with Crippen LogP contribution in [0.15, 0.2) is 30.3 Å². The van der Waals surface area contributed by atoms with E-state index in [1.807, 2.05) is 18.2 Å². The van der Waals surface area contributed by atoms with Gasteiger partial charge in [0.2, 0.25) is 0 Å². The fraction of sp³-hybridized carbons (Fsp3) is 0.600. The van der Waals surface area contributed by atoms with Crippen LogP contribution >= 0.6 is 0 Å². The first kappa shape index (κ1) is 12.6. The van der Waals surface area contributed by atoms with Gasteiger partial charge in [-0.3, -0.25) is 0 Å². The molecule has 2 N–H and O–H groups in total. The smallest absolute Gasteiger partial charge is 0.0704 e. The van der Waals surface area contributed by atoms with Gasteiger partial charge in [0, 0.05) is 12.6 Å². The van der Waals surface area contributed by atoms with Gasteiger partial charge in [-0.25, -0.2) is 0 Å². The van der Waals surface area contributed by atoms with E-state index in [2.05, 4.69) is 24.4 Å². The minimum absolute atomic E-state index is 0.273. The molecule has 0 saturated heterocycles. The lowest BCUT2D eigenvalue weighted by molar-refractivity contribution is 0.164. The van der Waals surface area contributed by atoms with E-state index in [1.54, 1.807) is 0 Å². The van der Waals surface area contributed by atoms with Crippen LogP contribution in [0.25, 0.3) is 0 Å². The van der Waals surface area contributed by atoms with Crippen LogP contribution in [0.1, 0.15) is 31.7 Å². The Hall–Kier alpha value is -0.860. The molecule has 94 valence electrons. The highest BCUT2D eigenvalue weighted by Crippen LogP contribution is 2.24. The summed E-state index contributed by atoms with van der Waals surface area (Å²) in [6, 6.07) is 10.8. The van der Waals surface area contributed by atoms with E-state index < -0.39 is 0 Å². The summed E-state index contributed by atoms with van der Waals surface area (Å²) in [7, 11) is 0. The Labute approximate surface area is 104 Å². The topological polar surface area (TPSA) is 32.3 Å². The first-order chi connectivity index (χ1) is 8.25. The van der Waals surface area contributed by atoms with Gasteiger partial charge in [-0.1, -0.05) is 43.7 Å². The molecular formula is C15H23NO. The fourth-order valence-corrected chi connectivity index (χ4v) is 2.69. The van der Waals surface area contributed by atoms with Crippen LogP contribution in [0.5, 0.6) is 0 Å². The van der Waals surface area contributed by atoms with Gasteiger partial charge in [-0.15, -0.1) is 0 Å². The summed E-state index contributed by atoms with van der Waals surface area (Å²) in [5.74, 6) is 0.763. The molecule has 3 atom stereocenters. The molecule has 0 radical (unpaired) electrons. The quantitative estimate of drug-likeness (QED) is 0.818. The SMILES string of the molecule is CC1CCCC1NCC(O)Cc1ccccc1. The summed E-state index contributed by atoms with van der Waals surface area (Å²) in [5, 5.41) is 13.5. The van der Waals surface area contributed by atoms with E-state index in [0.29, 0.717) is 12.6 Å². The molecule has 0 aromatic heterocycles. The zero-order chi connectivity index (χ0) is 12.1. The summed E-state index contributed by atoms with van der Waals surface area (Å²) in [5.41, 5.74) is 1.21. The Balaban J connectivity index is 1.72. The van der Waals surface area contributed by atoms with Gasteiger partial charge in [-0.05, 0) is 30.7 Å². The zero-order valence-electron chi connectivity index (χ0n) is 10.6. The Morgan fingerprint density at radius 1 is 1.29 bits per heavy atom. The Morgan fingerprint density at radius 2 is 2.06 bits per heavy atom. The molecular weight excluding hydrogens is 210 g/mol. The molecule has 1 aromatic carbocycles.